The largest absolute Gasteiger partial charge is 0.483 e. The molecule has 0 fully saturated rings. The second-order valence-corrected chi connectivity index (χ2v) is 8.17. The summed E-state index contributed by atoms with van der Waals surface area (Å²) in [6, 6.07) is 4.32. The van der Waals surface area contributed by atoms with Crippen LogP contribution in [0.3, 0.4) is 0 Å². The van der Waals surface area contributed by atoms with Crippen LogP contribution in [0.2, 0.25) is 5.02 Å². The first-order valence-electron chi connectivity index (χ1n) is 10.3. The van der Waals surface area contributed by atoms with Gasteiger partial charge in [-0.25, -0.2) is 13.6 Å². The highest BCUT2D eigenvalue weighted by atomic mass is 35.5. The minimum atomic E-state index is -4.77. The molecule has 0 bridgehead atoms. The van der Waals surface area contributed by atoms with Gasteiger partial charge in [-0.1, -0.05) is 11.6 Å². The van der Waals surface area contributed by atoms with Gasteiger partial charge in [-0.3, -0.25) is 4.57 Å². The quantitative estimate of drug-likeness (QED) is 0.456. The van der Waals surface area contributed by atoms with E-state index >= 15 is 0 Å². The molecule has 2 aliphatic heterocycles. The van der Waals surface area contributed by atoms with Crippen molar-refractivity contribution in [3.63, 3.8) is 0 Å². The van der Waals surface area contributed by atoms with Crippen molar-refractivity contribution in [1.82, 2.24) is 9.55 Å². The Hall–Kier alpha value is -3.54. The highest BCUT2D eigenvalue weighted by Gasteiger charge is 2.34. The van der Waals surface area contributed by atoms with Crippen LogP contribution < -0.4 is 24.8 Å². The summed E-state index contributed by atoms with van der Waals surface area (Å²) in [6.07, 6.45) is -4.77. The van der Waals surface area contributed by atoms with Crippen LogP contribution in [-0.4, -0.2) is 29.2 Å². The number of benzene rings is 2. The predicted molar refractivity (Wildman–Crippen MR) is 113 cm³/mol. The summed E-state index contributed by atoms with van der Waals surface area (Å²) in [5.74, 6) is -2.96. The highest BCUT2D eigenvalue weighted by molar-refractivity contribution is 6.31. The van der Waals surface area contributed by atoms with E-state index in [0.29, 0.717) is 38.1 Å². The van der Waals surface area contributed by atoms with Gasteiger partial charge in [0.05, 0.1) is 17.1 Å². The first kappa shape index (κ1) is 23.2. The molecule has 0 spiro atoms. The van der Waals surface area contributed by atoms with Crippen molar-refractivity contribution in [2.45, 2.75) is 19.3 Å². The lowest BCUT2D eigenvalue weighted by molar-refractivity contribution is -0.137. The van der Waals surface area contributed by atoms with E-state index in [-0.39, 0.29) is 23.8 Å². The minimum absolute atomic E-state index is 0.0294. The van der Waals surface area contributed by atoms with Crippen molar-refractivity contribution in [3.05, 3.63) is 68.6 Å². The third-order valence-corrected chi connectivity index (χ3v) is 5.81. The lowest BCUT2D eigenvalue weighted by Crippen LogP contribution is -2.32. The van der Waals surface area contributed by atoms with Crippen molar-refractivity contribution in [2.24, 2.45) is 0 Å². The number of nitrogens with zero attached hydrogens (tertiary/aromatic N) is 3. The molecule has 0 amide bonds. The average Bonchev–Trinajstić information content (AvgIpc) is 3.24. The molecule has 1 aromatic heterocycles. The second kappa shape index (κ2) is 8.59. The van der Waals surface area contributed by atoms with E-state index in [1.165, 1.54) is 4.57 Å². The summed E-state index contributed by atoms with van der Waals surface area (Å²) in [5, 5.41) is -0.579. The summed E-state index contributed by atoms with van der Waals surface area (Å²) in [4.78, 5) is 18.1. The molecule has 5 rings (SSSR count). The molecule has 0 atom stereocenters. The van der Waals surface area contributed by atoms with E-state index in [2.05, 4.69) is 4.98 Å². The zero-order valence-corrected chi connectivity index (χ0v) is 18.4. The second-order valence-electron chi connectivity index (χ2n) is 7.76. The zero-order valence-electron chi connectivity index (χ0n) is 17.7. The zero-order chi connectivity index (χ0) is 24.9. The van der Waals surface area contributed by atoms with E-state index in [1.807, 2.05) is 4.90 Å². The lowest BCUT2D eigenvalue weighted by atomic mass is 10.2. The number of hydrogen-bond donors (Lipinski definition) is 0. The number of alkyl halides is 3. The van der Waals surface area contributed by atoms with Crippen LogP contribution in [0.15, 0.2) is 35.1 Å². The normalized spacial score (nSPS) is 14.5. The molecular formula is C22H15ClF5N3O4. The first-order valence-corrected chi connectivity index (χ1v) is 10.7. The molecule has 0 unspecified atom stereocenters. The van der Waals surface area contributed by atoms with E-state index in [0.717, 1.165) is 24.3 Å². The predicted octanol–water partition coefficient (Wildman–Crippen LogP) is 4.78. The van der Waals surface area contributed by atoms with Crippen molar-refractivity contribution < 1.29 is 36.2 Å². The summed E-state index contributed by atoms with van der Waals surface area (Å²) < 4.78 is 86.0. The smallest absolute Gasteiger partial charge is 0.417 e. The van der Waals surface area contributed by atoms with E-state index in [1.54, 1.807) is 0 Å². The van der Waals surface area contributed by atoms with Crippen molar-refractivity contribution >= 4 is 17.4 Å². The molecule has 2 aliphatic rings. The molecule has 0 N–H and O–H groups in total. The fourth-order valence-corrected chi connectivity index (χ4v) is 4.12. The first-order chi connectivity index (χ1) is 16.6. The van der Waals surface area contributed by atoms with Gasteiger partial charge in [0.25, 0.3) is 5.88 Å². The molecule has 13 heteroatoms. The SMILES string of the molecule is O=c1nc(OCc2cc(F)c(Oc3ccc(Cl)c(C(F)(F)F)c3)c(F)c2)c2c3n1CCN3CCO2. The number of anilines is 1. The Labute approximate surface area is 199 Å². The van der Waals surface area contributed by atoms with Gasteiger partial charge in [-0.05, 0) is 35.9 Å². The maximum absolute atomic E-state index is 14.6. The Balaban J connectivity index is 1.37. The summed E-state index contributed by atoms with van der Waals surface area (Å²) in [7, 11) is 0. The van der Waals surface area contributed by atoms with Gasteiger partial charge in [0.2, 0.25) is 5.75 Å². The van der Waals surface area contributed by atoms with Gasteiger partial charge in [0.15, 0.2) is 23.2 Å². The molecule has 3 heterocycles. The lowest BCUT2D eigenvalue weighted by Gasteiger charge is -2.27. The van der Waals surface area contributed by atoms with Gasteiger partial charge in [-0.2, -0.15) is 18.2 Å². The summed E-state index contributed by atoms with van der Waals surface area (Å²) in [5.41, 5.74) is -1.71. The molecule has 0 saturated heterocycles. The van der Waals surface area contributed by atoms with Crippen LogP contribution in [0.5, 0.6) is 23.1 Å². The van der Waals surface area contributed by atoms with Gasteiger partial charge in [0, 0.05) is 13.1 Å². The maximum atomic E-state index is 14.6. The minimum Gasteiger partial charge on any atom is -0.483 e. The molecule has 35 heavy (non-hydrogen) atoms. The van der Waals surface area contributed by atoms with Crippen LogP contribution >= 0.6 is 11.6 Å². The molecule has 0 aliphatic carbocycles. The fourth-order valence-electron chi connectivity index (χ4n) is 3.90. The van der Waals surface area contributed by atoms with E-state index < -0.39 is 45.6 Å². The molecule has 0 saturated carbocycles. The van der Waals surface area contributed by atoms with E-state index in [4.69, 9.17) is 25.8 Å². The Kier molecular flexibility index (Phi) is 5.70. The highest BCUT2D eigenvalue weighted by Crippen LogP contribution is 2.40. The van der Waals surface area contributed by atoms with Gasteiger partial charge in [0.1, 0.15) is 19.0 Å². The third kappa shape index (κ3) is 4.33. The number of hydrogen-bond acceptors (Lipinski definition) is 6. The van der Waals surface area contributed by atoms with Crippen LogP contribution in [0.1, 0.15) is 11.1 Å². The number of halogens is 6. The Morgan fingerprint density at radius 1 is 1.09 bits per heavy atom. The van der Waals surface area contributed by atoms with Crippen LogP contribution in [0.4, 0.5) is 27.8 Å². The van der Waals surface area contributed by atoms with Crippen LogP contribution in [0, 0.1) is 11.6 Å². The van der Waals surface area contributed by atoms with Crippen LogP contribution in [-0.2, 0) is 19.3 Å². The van der Waals surface area contributed by atoms with Gasteiger partial charge >= 0.3 is 11.9 Å². The molecule has 184 valence electrons. The molecule has 7 nitrogen and oxygen atoms in total. The van der Waals surface area contributed by atoms with Gasteiger partial charge < -0.3 is 19.1 Å². The van der Waals surface area contributed by atoms with Crippen molar-refractivity contribution in [2.75, 3.05) is 24.6 Å². The van der Waals surface area contributed by atoms with Crippen LogP contribution in [0.25, 0.3) is 0 Å². The van der Waals surface area contributed by atoms with Crippen molar-refractivity contribution in [3.8, 4) is 23.1 Å². The van der Waals surface area contributed by atoms with Gasteiger partial charge in [-0.15, -0.1) is 0 Å². The number of aromatic nitrogens is 2. The maximum Gasteiger partial charge on any atom is 0.417 e. The topological polar surface area (TPSA) is 65.8 Å². The van der Waals surface area contributed by atoms with Crippen molar-refractivity contribution in [1.29, 1.82) is 0 Å². The number of ether oxygens (including phenoxy) is 3. The molecule has 3 aromatic rings. The molecular weight excluding hydrogens is 501 g/mol. The molecule has 2 aromatic carbocycles. The number of rotatable bonds is 5. The Bertz CT molecular complexity index is 1360. The monoisotopic (exact) mass is 515 g/mol. The Morgan fingerprint density at radius 3 is 2.54 bits per heavy atom. The third-order valence-electron chi connectivity index (χ3n) is 5.48. The fraction of sp³-hybridized carbons (Fsp3) is 0.273. The molecule has 0 radical (unpaired) electrons. The summed E-state index contributed by atoms with van der Waals surface area (Å²) >= 11 is 5.55. The Morgan fingerprint density at radius 2 is 1.83 bits per heavy atom. The standard InChI is InChI=1S/C22H15ClF5N3O4/c23-14-2-1-12(9-13(14)22(26,27)28)35-17-15(24)7-11(8-16(17)25)10-34-19-18-20-30(5-6-33-18)3-4-31(20)21(32)29-19/h1-2,7-9H,3-6,10H2. The van der Waals surface area contributed by atoms with E-state index in [9.17, 15) is 26.7 Å². The average molecular weight is 516 g/mol. The summed E-state index contributed by atoms with van der Waals surface area (Å²) in [6.45, 7) is 1.70.